The smallest absolute Gasteiger partial charge is 0.302 e. The second kappa shape index (κ2) is 40.7. The molecule has 0 aliphatic carbocycles. The van der Waals surface area contributed by atoms with Crippen molar-refractivity contribution in [2.24, 2.45) is 35.5 Å². The fourth-order valence-corrected chi connectivity index (χ4v) is 11.9. The summed E-state index contributed by atoms with van der Waals surface area (Å²) < 4.78 is 11.3. The molecule has 1 aliphatic rings. The zero-order valence-corrected chi connectivity index (χ0v) is 61.6. The molecule has 0 aromatic heterocycles. The third kappa shape index (κ3) is 24.7. The van der Waals surface area contributed by atoms with Crippen molar-refractivity contribution in [3.05, 3.63) is 12.2 Å². The lowest BCUT2D eigenvalue weighted by atomic mass is 9.93. The Morgan fingerprint density at radius 3 is 1.44 bits per heavy atom. The van der Waals surface area contributed by atoms with Crippen LogP contribution in [0, 0.1) is 35.5 Å². The van der Waals surface area contributed by atoms with E-state index in [-0.39, 0.29) is 69.6 Å². The van der Waals surface area contributed by atoms with Gasteiger partial charge in [0.15, 0.2) is 0 Å². The molecule has 1 unspecified atom stereocenters. The Kier molecular flexibility index (Phi) is 37.0. The molecule has 27 nitrogen and oxygen atoms in total. The van der Waals surface area contributed by atoms with Gasteiger partial charge in [0.1, 0.15) is 66.5 Å². The highest BCUT2D eigenvalue weighted by Gasteiger charge is 2.47. The minimum absolute atomic E-state index is 0.00699. The summed E-state index contributed by atoms with van der Waals surface area (Å²) in [5.74, 6) is -11.7. The molecule has 1 rings (SSSR count). The van der Waals surface area contributed by atoms with Crippen LogP contribution < -0.4 is 21.3 Å². The Morgan fingerprint density at radius 2 is 0.968 bits per heavy atom. The van der Waals surface area contributed by atoms with Crippen LogP contribution in [0.4, 0.5) is 0 Å². The van der Waals surface area contributed by atoms with E-state index < -0.39 is 174 Å². The average Bonchev–Trinajstić information content (AvgIpc) is 0.824. The Bertz CT molecular complexity index is 2600. The molecule has 0 spiro atoms. The molecule has 11 amide bonds. The number of ether oxygens (including phenoxy) is 2. The van der Waals surface area contributed by atoms with Gasteiger partial charge in [-0.25, -0.2) is 0 Å². The van der Waals surface area contributed by atoms with E-state index in [1.807, 2.05) is 41.5 Å². The maximum absolute atomic E-state index is 15.3. The van der Waals surface area contributed by atoms with Gasteiger partial charge >= 0.3 is 5.97 Å². The Hall–Kier alpha value is -6.74. The van der Waals surface area contributed by atoms with Gasteiger partial charge in [-0.3, -0.25) is 57.5 Å². The fraction of sp³-hybridized carbons (Fsp3) is 0.794. The number of nitrogens with one attached hydrogen (secondary N) is 4. The summed E-state index contributed by atoms with van der Waals surface area (Å²) in [5.41, 5.74) is 0. The quantitative estimate of drug-likeness (QED) is 0.0516. The van der Waals surface area contributed by atoms with Gasteiger partial charge < -0.3 is 75.3 Å². The highest BCUT2D eigenvalue weighted by Crippen LogP contribution is 2.26. The molecule has 14 atom stereocenters. The Morgan fingerprint density at radius 1 is 0.516 bits per heavy atom. The third-order valence-corrected chi connectivity index (χ3v) is 17.5. The monoisotopic (exact) mass is 1350 g/mol. The Labute approximate surface area is 566 Å². The first kappa shape index (κ1) is 86.3. The lowest BCUT2D eigenvalue weighted by molar-refractivity contribution is -0.158. The number of aliphatic hydroxyl groups is 2. The molecule has 544 valence electrons. The number of amides is 11. The second-order valence-electron chi connectivity index (χ2n) is 27.6. The van der Waals surface area contributed by atoms with Crippen LogP contribution in [0.2, 0.25) is 0 Å². The van der Waals surface area contributed by atoms with Crippen LogP contribution in [0.1, 0.15) is 170 Å². The molecule has 0 bridgehead atoms. The highest BCUT2D eigenvalue weighted by molar-refractivity contribution is 6.00. The minimum Gasteiger partial charge on any atom is -0.466 e. The molecule has 0 saturated carbocycles. The maximum Gasteiger partial charge on any atom is 0.302 e. The summed E-state index contributed by atoms with van der Waals surface area (Å²) in [6.07, 6.45) is 1.69. The highest BCUT2D eigenvalue weighted by atomic mass is 16.5. The number of hydrogen-bond acceptors (Lipinski definition) is 16. The largest absolute Gasteiger partial charge is 0.466 e. The molecule has 0 radical (unpaired) electrons. The third-order valence-electron chi connectivity index (χ3n) is 17.5. The Balaban J connectivity index is 4.55. The van der Waals surface area contributed by atoms with Crippen molar-refractivity contribution in [2.45, 2.75) is 248 Å². The van der Waals surface area contributed by atoms with E-state index in [0.717, 1.165) is 14.7 Å². The topological polar surface area (TPSA) is 335 Å². The van der Waals surface area contributed by atoms with E-state index in [1.165, 1.54) is 89.6 Å². The number of unbranched alkanes of at least 4 members (excludes halogenated alkanes) is 1. The molecule has 1 heterocycles. The normalized spacial score (nSPS) is 26.3. The predicted octanol–water partition coefficient (Wildman–Crippen LogP) is 2.72. The summed E-state index contributed by atoms with van der Waals surface area (Å²) in [4.78, 5) is 183. The molecular weight excluding hydrogens is 1230 g/mol. The van der Waals surface area contributed by atoms with E-state index in [4.69, 9.17) is 9.47 Å². The standard InChI is InChI=1S/C68H121N11O16/c1-25-30-43(14)57(82)56-61(86)71-48(27-3)63(88)79(31-26-2)52(37-80)66(91)77(23)55(46(17)94-32-28-29-33-95-47(18)81)60(85)72-53(41(10)11)67(92)73(19)49(34-38(4)5)59(84)69-44(15)58(83)70-45(16)62(87)74(20)50(35-39(6)7)64(89)75(21)51(36-40(8)9)65(90)76(22)54(42(12)13)68(93)78(56)24/h25,30,38-46,48-57,80,82H,26-29,31-37H2,1-24H3,(H,69,84)(H,70,83)(H,71,86)(H,72,85)/b30-25+/t43-,44+,45-,46-,48+,49+,50+,51+,52-,53+,54+,55?,56+,57-/m1/s1. The van der Waals surface area contributed by atoms with E-state index in [9.17, 15) is 34.2 Å². The molecule has 0 aromatic rings. The van der Waals surface area contributed by atoms with Crippen LogP contribution in [0.3, 0.4) is 0 Å². The van der Waals surface area contributed by atoms with Crippen LogP contribution in [0.5, 0.6) is 0 Å². The minimum atomic E-state index is -1.72. The number of allylic oxidation sites excluding steroid dienone is 1. The summed E-state index contributed by atoms with van der Waals surface area (Å²) in [5, 5.41) is 34.3. The maximum atomic E-state index is 15.3. The molecule has 1 fully saturated rings. The van der Waals surface area contributed by atoms with Gasteiger partial charge in [0.05, 0.1) is 25.4 Å². The van der Waals surface area contributed by atoms with E-state index in [1.54, 1.807) is 67.5 Å². The summed E-state index contributed by atoms with van der Waals surface area (Å²) in [7, 11) is 8.23. The van der Waals surface area contributed by atoms with Crippen molar-refractivity contribution in [1.82, 2.24) is 55.6 Å². The molecule has 1 aliphatic heterocycles. The van der Waals surface area contributed by atoms with E-state index >= 15 is 33.6 Å². The SMILES string of the molecule is C/C=C/[C@@H](C)[C@@H](O)[C@H]1C(=O)N[C@@H](CC)C(=O)N(CCC)[C@H](CO)C(=O)N(C)C([C@@H](C)OCCCCOC(C)=O)C(=O)N[C@@H](C(C)C)C(=O)N(C)[C@@H](CC(C)C)C(=O)N[C@@H](C)C(=O)N[C@H](C)C(=O)N(C)[C@@H](CC(C)C)C(=O)N(C)[C@@H](CC(C)C)C(=O)N(C)[C@@H](C(C)C)C(=O)N1C. The van der Waals surface area contributed by atoms with Crippen LogP contribution in [-0.2, 0) is 67.0 Å². The number of carbonyl (C=O) groups is 12. The van der Waals surface area contributed by atoms with Crippen LogP contribution in [0.25, 0.3) is 0 Å². The van der Waals surface area contributed by atoms with Gasteiger partial charge in [0, 0.05) is 68.3 Å². The lowest BCUT2D eigenvalue weighted by Gasteiger charge is -2.41. The van der Waals surface area contributed by atoms with E-state index in [2.05, 4.69) is 21.3 Å². The molecule has 27 heteroatoms. The first-order valence-electron chi connectivity index (χ1n) is 33.9. The molecule has 1 saturated heterocycles. The zero-order valence-electron chi connectivity index (χ0n) is 61.6. The van der Waals surface area contributed by atoms with Gasteiger partial charge in [0.2, 0.25) is 65.0 Å². The van der Waals surface area contributed by atoms with Gasteiger partial charge in [-0.1, -0.05) is 102 Å². The number of aliphatic hydroxyl groups excluding tert-OH is 2. The number of hydrogen-bond donors (Lipinski definition) is 6. The van der Waals surface area contributed by atoms with Gasteiger partial charge in [0.25, 0.3) is 0 Å². The van der Waals surface area contributed by atoms with Gasteiger partial charge in [-0.2, -0.15) is 0 Å². The summed E-state index contributed by atoms with van der Waals surface area (Å²) in [6, 6.07) is -15.3. The number of likely N-dealkylation sites (N-methyl/N-ethyl adjacent to an activating group) is 6. The predicted molar refractivity (Wildman–Crippen MR) is 361 cm³/mol. The van der Waals surface area contributed by atoms with Crippen molar-refractivity contribution in [1.29, 1.82) is 0 Å². The number of esters is 1. The summed E-state index contributed by atoms with van der Waals surface area (Å²) >= 11 is 0. The van der Waals surface area contributed by atoms with E-state index in [0.29, 0.717) is 12.8 Å². The van der Waals surface area contributed by atoms with Crippen molar-refractivity contribution < 1.29 is 77.2 Å². The second-order valence-corrected chi connectivity index (χ2v) is 27.6. The van der Waals surface area contributed by atoms with Crippen LogP contribution >= 0.6 is 0 Å². The molecule has 0 aromatic carbocycles. The van der Waals surface area contributed by atoms with Gasteiger partial charge in [-0.05, 0) is 102 Å². The molecule has 6 N–H and O–H groups in total. The first-order valence-corrected chi connectivity index (χ1v) is 33.9. The molecular formula is C68H121N11O16. The van der Waals surface area contributed by atoms with Crippen molar-refractivity contribution >= 4 is 70.9 Å². The fourth-order valence-electron chi connectivity index (χ4n) is 11.9. The van der Waals surface area contributed by atoms with Crippen molar-refractivity contribution in [3.8, 4) is 0 Å². The van der Waals surface area contributed by atoms with Crippen molar-refractivity contribution in [2.75, 3.05) is 68.7 Å². The average molecular weight is 1350 g/mol. The van der Waals surface area contributed by atoms with Crippen LogP contribution in [-0.4, -0.2) is 263 Å². The lowest BCUT2D eigenvalue weighted by Crippen LogP contribution is -2.65. The number of rotatable bonds is 22. The van der Waals surface area contributed by atoms with Crippen molar-refractivity contribution in [3.63, 3.8) is 0 Å². The zero-order chi connectivity index (χ0) is 73.4. The van der Waals surface area contributed by atoms with Crippen LogP contribution in [0.15, 0.2) is 12.2 Å². The number of nitrogens with zero attached hydrogens (tertiary/aromatic N) is 7. The molecule has 95 heavy (non-hydrogen) atoms. The first-order chi connectivity index (χ1) is 44.1. The number of carbonyl (C=O) groups excluding carboxylic acids is 12. The van der Waals surface area contributed by atoms with Gasteiger partial charge in [-0.15, -0.1) is 0 Å². The summed E-state index contributed by atoms with van der Waals surface area (Å²) in [6.45, 7) is 29.0.